The minimum atomic E-state index is 0.134. The highest BCUT2D eigenvalue weighted by molar-refractivity contribution is 5.95. The third kappa shape index (κ3) is 4.22. The highest BCUT2D eigenvalue weighted by Gasteiger charge is 2.21. The summed E-state index contributed by atoms with van der Waals surface area (Å²) in [4.78, 5) is 17.1. The monoisotopic (exact) mass is 324 g/mol. The van der Waals surface area contributed by atoms with E-state index in [4.69, 9.17) is 4.74 Å². The highest BCUT2D eigenvalue weighted by atomic mass is 16.5. The fourth-order valence-corrected chi connectivity index (χ4v) is 2.98. The number of carbonyl (C=O) groups is 1. The lowest BCUT2D eigenvalue weighted by Gasteiger charge is -2.30. The molecule has 0 unspecified atom stereocenters. The molecular weight excluding hydrogens is 300 g/mol. The van der Waals surface area contributed by atoms with Crippen molar-refractivity contribution in [2.45, 2.75) is 13.5 Å². The normalized spacial score (nSPS) is 15.2. The maximum absolute atomic E-state index is 13.0. The van der Waals surface area contributed by atoms with Gasteiger partial charge in [0.15, 0.2) is 0 Å². The molecule has 4 nitrogen and oxygen atoms in total. The van der Waals surface area contributed by atoms with E-state index in [0.29, 0.717) is 26.3 Å². The molecule has 0 bridgehead atoms. The van der Waals surface area contributed by atoms with Crippen LogP contribution in [0.2, 0.25) is 0 Å². The van der Waals surface area contributed by atoms with Gasteiger partial charge < -0.3 is 9.64 Å². The Hall–Kier alpha value is -2.17. The zero-order chi connectivity index (χ0) is 16.8. The van der Waals surface area contributed by atoms with Crippen LogP contribution in [0.5, 0.6) is 0 Å². The number of rotatable bonds is 5. The summed E-state index contributed by atoms with van der Waals surface area (Å²) in [5.41, 5.74) is 3.24. The topological polar surface area (TPSA) is 32.8 Å². The van der Waals surface area contributed by atoms with Gasteiger partial charge in [-0.1, -0.05) is 48.5 Å². The van der Waals surface area contributed by atoms with Crippen LogP contribution in [0.4, 0.5) is 5.69 Å². The summed E-state index contributed by atoms with van der Waals surface area (Å²) in [5.74, 6) is 0.134. The van der Waals surface area contributed by atoms with E-state index >= 15 is 0 Å². The van der Waals surface area contributed by atoms with Crippen molar-refractivity contribution in [3.05, 3.63) is 65.7 Å². The lowest BCUT2D eigenvalue weighted by Crippen LogP contribution is -2.44. The second-order valence-electron chi connectivity index (χ2n) is 6.14. The van der Waals surface area contributed by atoms with E-state index < -0.39 is 0 Å². The van der Waals surface area contributed by atoms with Gasteiger partial charge in [0.2, 0.25) is 5.91 Å². The van der Waals surface area contributed by atoms with Crippen LogP contribution in [0.15, 0.2) is 54.6 Å². The molecular formula is C20H24N2O2. The average molecular weight is 324 g/mol. The molecule has 0 atom stereocenters. The van der Waals surface area contributed by atoms with Crippen molar-refractivity contribution >= 4 is 11.6 Å². The lowest BCUT2D eigenvalue weighted by atomic mass is 10.1. The van der Waals surface area contributed by atoms with Crippen LogP contribution < -0.4 is 4.90 Å². The Morgan fingerprint density at radius 1 is 1.04 bits per heavy atom. The van der Waals surface area contributed by atoms with Crippen molar-refractivity contribution < 1.29 is 9.53 Å². The third-order valence-corrected chi connectivity index (χ3v) is 4.35. The Morgan fingerprint density at radius 3 is 2.42 bits per heavy atom. The molecule has 1 fully saturated rings. The van der Waals surface area contributed by atoms with Gasteiger partial charge in [-0.25, -0.2) is 0 Å². The van der Waals surface area contributed by atoms with Gasteiger partial charge in [-0.05, 0) is 24.1 Å². The van der Waals surface area contributed by atoms with E-state index in [0.717, 1.165) is 29.9 Å². The predicted molar refractivity (Wildman–Crippen MR) is 96.1 cm³/mol. The predicted octanol–water partition coefficient (Wildman–Crippen LogP) is 2.86. The van der Waals surface area contributed by atoms with Crippen molar-refractivity contribution in [1.82, 2.24) is 4.90 Å². The molecule has 2 aromatic carbocycles. The molecule has 0 radical (unpaired) electrons. The summed E-state index contributed by atoms with van der Waals surface area (Å²) < 4.78 is 5.37. The molecule has 126 valence electrons. The standard InChI is InChI=1S/C20H24N2O2/c1-17-7-5-6-10-19(17)22(15-18-8-3-2-4-9-18)20(23)16-21-11-13-24-14-12-21/h2-10H,11-16H2,1H3. The molecule has 0 spiro atoms. The molecule has 1 aliphatic rings. The van der Waals surface area contributed by atoms with Crippen LogP contribution in [-0.4, -0.2) is 43.7 Å². The Labute approximate surface area is 143 Å². The number of carbonyl (C=O) groups excluding carboxylic acids is 1. The molecule has 2 aromatic rings. The average Bonchev–Trinajstić information content (AvgIpc) is 2.62. The number of nitrogens with zero attached hydrogens (tertiary/aromatic N) is 2. The minimum Gasteiger partial charge on any atom is -0.379 e. The summed E-state index contributed by atoms with van der Waals surface area (Å²) in [5, 5.41) is 0. The number of hydrogen-bond donors (Lipinski definition) is 0. The van der Waals surface area contributed by atoms with Crippen LogP contribution >= 0.6 is 0 Å². The first kappa shape index (κ1) is 16.7. The van der Waals surface area contributed by atoms with Gasteiger partial charge >= 0.3 is 0 Å². The Kier molecular flexibility index (Phi) is 5.62. The van der Waals surface area contributed by atoms with E-state index in [1.54, 1.807) is 0 Å². The summed E-state index contributed by atoms with van der Waals surface area (Å²) >= 11 is 0. The van der Waals surface area contributed by atoms with Crippen LogP contribution in [0.1, 0.15) is 11.1 Å². The fraction of sp³-hybridized carbons (Fsp3) is 0.350. The number of amides is 1. The second-order valence-corrected chi connectivity index (χ2v) is 6.14. The molecule has 0 saturated carbocycles. The largest absolute Gasteiger partial charge is 0.379 e. The van der Waals surface area contributed by atoms with Gasteiger partial charge in [-0.3, -0.25) is 9.69 Å². The molecule has 0 N–H and O–H groups in total. The third-order valence-electron chi connectivity index (χ3n) is 4.35. The SMILES string of the molecule is Cc1ccccc1N(Cc1ccccc1)C(=O)CN1CCOCC1. The molecule has 4 heteroatoms. The molecule has 1 aliphatic heterocycles. The molecule has 24 heavy (non-hydrogen) atoms. The Bertz CT molecular complexity index is 666. The lowest BCUT2D eigenvalue weighted by molar-refractivity contribution is -0.120. The van der Waals surface area contributed by atoms with Gasteiger partial charge in [-0.2, -0.15) is 0 Å². The van der Waals surface area contributed by atoms with Gasteiger partial charge in [0.1, 0.15) is 0 Å². The maximum Gasteiger partial charge on any atom is 0.241 e. The number of anilines is 1. The molecule has 1 heterocycles. The Balaban J connectivity index is 1.81. The highest BCUT2D eigenvalue weighted by Crippen LogP contribution is 2.22. The van der Waals surface area contributed by atoms with Crippen molar-refractivity contribution in [2.24, 2.45) is 0 Å². The van der Waals surface area contributed by atoms with Crippen LogP contribution in [0.25, 0.3) is 0 Å². The van der Waals surface area contributed by atoms with E-state index in [1.807, 2.05) is 41.3 Å². The van der Waals surface area contributed by atoms with Gasteiger partial charge in [0.25, 0.3) is 0 Å². The van der Waals surface area contributed by atoms with Crippen molar-refractivity contribution in [2.75, 3.05) is 37.7 Å². The van der Waals surface area contributed by atoms with Crippen LogP contribution in [0, 0.1) is 6.92 Å². The van der Waals surface area contributed by atoms with Crippen molar-refractivity contribution in [3.8, 4) is 0 Å². The van der Waals surface area contributed by atoms with Crippen LogP contribution in [-0.2, 0) is 16.1 Å². The summed E-state index contributed by atoms with van der Waals surface area (Å²) in [7, 11) is 0. The number of ether oxygens (including phenoxy) is 1. The molecule has 3 rings (SSSR count). The fourth-order valence-electron chi connectivity index (χ4n) is 2.98. The van der Waals surface area contributed by atoms with Gasteiger partial charge in [0.05, 0.1) is 26.3 Å². The van der Waals surface area contributed by atoms with Crippen LogP contribution in [0.3, 0.4) is 0 Å². The number of aryl methyl sites for hydroxylation is 1. The summed E-state index contributed by atoms with van der Waals surface area (Å²) in [6.07, 6.45) is 0. The number of para-hydroxylation sites is 1. The number of benzene rings is 2. The van der Waals surface area contributed by atoms with E-state index in [-0.39, 0.29) is 5.91 Å². The van der Waals surface area contributed by atoms with E-state index in [1.165, 1.54) is 0 Å². The molecule has 1 saturated heterocycles. The number of morpholine rings is 1. The summed E-state index contributed by atoms with van der Waals surface area (Å²) in [6, 6.07) is 18.2. The zero-order valence-corrected chi connectivity index (χ0v) is 14.1. The van der Waals surface area contributed by atoms with Gasteiger partial charge in [0, 0.05) is 18.8 Å². The quantitative estimate of drug-likeness (QED) is 0.848. The van der Waals surface area contributed by atoms with Crippen molar-refractivity contribution in [1.29, 1.82) is 0 Å². The smallest absolute Gasteiger partial charge is 0.241 e. The maximum atomic E-state index is 13.0. The minimum absolute atomic E-state index is 0.134. The van der Waals surface area contributed by atoms with E-state index in [2.05, 4.69) is 30.0 Å². The molecule has 1 amide bonds. The first-order chi connectivity index (χ1) is 11.7. The van der Waals surface area contributed by atoms with E-state index in [9.17, 15) is 4.79 Å². The molecule has 0 aliphatic carbocycles. The first-order valence-corrected chi connectivity index (χ1v) is 8.44. The summed E-state index contributed by atoms with van der Waals surface area (Å²) in [6.45, 7) is 6.12. The zero-order valence-electron chi connectivity index (χ0n) is 14.1. The van der Waals surface area contributed by atoms with Gasteiger partial charge in [-0.15, -0.1) is 0 Å². The van der Waals surface area contributed by atoms with Crippen molar-refractivity contribution in [3.63, 3.8) is 0 Å². The molecule has 0 aromatic heterocycles. The first-order valence-electron chi connectivity index (χ1n) is 8.44. The number of hydrogen-bond acceptors (Lipinski definition) is 3. The Morgan fingerprint density at radius 2 is 1.71 bits per heavy atom. The second kappa shape index (κ2) is 8.08.